The highest BCUT2D eigenvalue weighted by Gasteiger charge is 2.19. The van der Waals surface area contributed by atoms with Crippen molar-refractivity contribution in [3.63, 3.8) is 0 Å². The lowest BCUT2D eigenvalue weighted by atomic mass is 10.0. The summed E-state index contributed by atoms with van der Waals surface area (Å²) >= 11 is 0.671. The normalized spacial score (nSPS) is 11.4. The number of aromatic nitrogens is 2. The molecule has 0 saturated carbocycles. The van der Waals surface area contributed by atoms with E-state index in [0.29, 0.717) is 45.9 Å². The molecule has 0 unspecified atom stereocenters. The summed E-state index contributed by atoms with van der Waals surface area (Å²) in [5.41, 5.74) is 1.21. The first-order chi connectivity index (χ1) is 17.2. The van der Waals surface area contributed by atoms with Gasteiger partial charge in [-0.15, -0.1) is 16.8 Å². The lowest BCUT2D eigenvalue weighted by Gasteiger charge is -2.16. The van der Waals surface area contributed by atoms with Gasteiger partial charge in [-0.25, -0.2) is 12.8 Å². The van der Waals surface area contributed by atoms with Crippen molar-refractivity contribution in [2.24, 2.45) is 0 Å². The maximum absolute atomic E-state index is 14.0. The fraction of sp³-hybridized carbons (Fsp3) is 0.167. The van der Waals surface area contributed by atoms with Crippen molar-refractivity contribution < 1.29 is 27.1 Å². The number of nitriles is 1. The smallest absolute Gasteiger partial charge is 0.268 e. The van der Waals surface area contributed by atoms with Gasteiger partial charge in [0.05, 0.1) is 7.11 Å². The predicted octanol–water partition coefficient (Wildman–Crippen LogP) is 3.94. The molecule has 1 amide bonds. The second kappa shape index (κ2) is 11.6. The quantitative estimate of drug-likeness (QED) is 0.181. The summed E-state index contributed by atoms with van der Waals surface area (Å²) in [4.78, 5) is 12.6. The second-order valence-corrected chi connectivity index (χ2v) is 10.5. The van der Waals surface area contributed by atoms with E-state index < -0.39 is 21.6 Å². The van der Waals surface area contributed by atoms with Crippen LogP contribution in [-0.4, -0.2) is 37.9 Å². The van der Waals surface area contributed by atoms with Crippen LogP contribution in [0.1, 0.15) is 16.7 Å². The van der Waals surface area contributed by atoms with E-state index in [9.17, 15) is 22.9 Å². The standard InChI is InChI=1S/C24H21FN4O5S2/c1-4-7-16-10-15(12-20(33-2)21(16)34-14-17-8-5-6-9-19(17)25)11-18(13-26)22(30)27-23-28-29-24(35-23)36(3,31)32/h4-6,8-12H,1,7,14H2,2-3H3,(H,27,28,30)/b18-11-. The zero-order chi connectivity index (χ0) is 26.3. The molecule has 12 heteroatoms. The number of ether oxygens (including phenoxy) is 2. The number of carbonyl (C=O) groups is 1. The number of rotatable bonds is 10. The summed E-state index contributed by atoms with van der Waals surface area (Å²) in [5.74, 6) is -0.498. The summed E-state index contributed by atoms with van der Waals surface area (Å²) in [7, 11) is -2.15. The van der Waals surface area contributed by atoms with Crippen LogP contribution in [0.25, 0.3) is 6.08 Å². The van der Waals surface area contributed by atoms with E-state index in [1.807, 2.05) is 6.07 Å². The molecule has 1 aromatic heterocycles. The minimum absolute atomic E-state index is 0.0362. The molecule has 0 aliphatic heterocycles. The summed E-state index contributed by atoms with van der Waals surface area (Å²) in [6.07, 6.45) is 4.32. The number of sulfone groups is 1. The Hall–Kier alpha value is -4.08. The summed E-state index contributed by atoms with van der Waals surface area (Å²) in [6.45, 7) is 3.71. The Bertz CT molecular complexity index is 1480. The van der Waals surface area contributed by atoms with Crippen molar-refractivity contribution in [1.82, 2.24) is 10.2 Å². The minimum Gasteiger partial charge on any atom is -0.493 e. The molecule has 9 nitrogen and oxygen atoms in total. The molecule has 1 heterocycles. The minimum atomic E-state index is -3.58. The molecule has 0 saturated heterocycles. The first kappa shape index (κ1) is 26.5. The Balaban J connectivity index is 1.90. The zero-order valence-corrected chi connectivity index (χ0v) is 21.0. The topological polar surface area (TPSA) is 131 Å². The van der Waals surface area contributed by atoms with E-state index in [-0.39, 0.29) is 21.7 Å². The van der Waals surface area contributed by atoms with Crippen molar-refractivity contribution >= 4 is 38.3 Å². The van der Waals surface area contributed by atoms with E-state index in [4.69, 9.17) is 9.47 Å². The van der Waals surface area contributed by atoms with E-state index in [0.717, 1.165) is 6.26 Å². The van der Waals surface area contributed by atoms with Gasteiger partial charge in [0.1, 0.15) is 24.1 Å². The van der Waals surface area contributed by atoms with E-state index >= 15 is 0 Å². The van der Waals surface area contributed by atoms with Crippen LogP contribution in [0, 0.1) is 17.1 Å². The Morgan fingerprint density at radius 3 is 2.64 bits per heavy atom. The lowest BCUT2D eigenvalue weighted by Crippen LogP contribution is -2.13. The number of methoxy groups -OCH3 is 1. The number of hydrogen-bond acceptors (Lipinski definition) is 9. The van der Waals surface area contributed by atoms with Gasteiger partial charge in [-0.05, 0) is 36.3 Å². The number of carbonyl (C=O) groups excluding carboxylic acids is 1. The van der Waals surface area contributed by atoms with E-state index in [1.54, 1.807) is 36.4 Å². The Kier molecular flexibility index (Phi) is 8.52. The van der Waals surface area contributed by atoms with Gasteiger partial charge >= 0.3 is 0 Å². The summed E-state index contributed by atoms with van der Waals surface area (Å²) < 4.78 is 48.2. The van der Waals surface area contributed by atoms with Crippen molar-refractivity contribution in [3.8, 4) is 17.6 Å². The molecule has 0 fully saturated rings. The van der Waals surface area contributed by atoms with Gasteiger partial charge < -0.3 is 9.47 Å². The molecule has 0 spiro atoms. The first-order valence-electron chi connectivity index (χ1n) is 10.3. The molecule has 3 rings (SSSR count). The number of hydrogen-bond donors (Lipinski definition) is 1. The third-order valence-corrected chi connectivity index (χ3v) is 7.20. The van der Waals surface area contributed by atoms with Gasteiger partial charge in [0.25, 0.3) is 5.91 Å². The van der Waals surface area contributed by atoms with Crippen molar-refractivity contribution in [1.29, 1.82) is 5.26 Å². The van der Waals surface area contributed by atoms with Crippen molar-refractivity contribution in [3.05, 3.63) is 77.1 Å². The monoisotopic (exact) mass is 528 g/mol. The average molecular weight is 529 g/mol. The Morgan fingerprint density at radius 2 is 2.03 bits per heavy atom. The van der Waals surface area contributed by atoms with Gasteiger partial charge in [-0.1, -0.05) is 35.6 Å². The zero-order valence-electron chi connectivity index (χ0n) is 19.3. The molecule has 3 aromatic rings. The SMILES string of the molecule is C=CCc1cc(/C=C(/C#N)C(=O)Nc2nnc(S(C)(=O)=O)s2)cc(OC)c1OCc1ccccc1F. The average Bonchev–Trinajstić information content (AvgIpc) is 3.31. The number of amides is 1. The van der Waals surface area contributed by atoms with Crippen LogP contribution in [0.5, 0.6) is 11.5 Å². The first-order valence-corrected chi connectivity index (χ1v) is 13.0. The van der Waals surface area contributed by atoms with Crippen LogP contribution < -0.4 is 14.8 Å². The predicted molar refractivity (Wildman–Crippen MR) is 133 cm³/mol. The van der Waals surface area contributed by atoms with Crippen LogP contribution in [0.3, 0.4) is 0 Å². The highest BCUT2D eigenvalue weighted by atomic mass is 32.2. The van der Waals surface area contributed by atoms with Crippen molar-refractivity contribution in [2.75, 3.05) is 18.7 Å². The van der Waals surface area contributed by atoms with Gasteiger partial charge in [0, 0.05) is 17.4 Å². The fourth-order valence-electron chi connectivity index (χ4n) is 3.04. The third kappa shape index (κ3) is 6.53. The number of benzene rings is 2. The highest BCUT2D eigenvalue weighted by molar-refractivity contribution is 7.92. The molecule has 0 radical (unpaired) electrons. The molecule has 2 aromatic carbocycles. The third-order valence-electron chi connectivity index (χ3n) is 4.69. The van der Waals surface area contributed by atoms with E-state index in [1.165, 1.54) is 19.3 Å². The summed E-state index contributed by atoms with van der Waals surface area (Å²) in [5, 5.41) is 19.0. The molecule has 0 aliphatic carbocycles. The lowest BCUT2D eigenvalue weighted by molar-refractivity contribution is -0.112. The van der Waals surface area contributed by atoms with Crippen LogP contribution in [0.4, 0.5) is 9.52 Å². The number of nitrogens with zero attached hydrogens (tertiary/aromatic N) is 3. The van der Waals surface area contributed by atoms with Gasteiger partial charge in [-0.2, -0.15) is 5.26 Å². The highest BCUT2D eigenvalue weighted by Crippen LogP contribution is 2.35. The van der Waals surface area contributed by atoms with E-state index in [2.05, 4.69) is 22.1 Å². The maximum Gasteiger partial charge on any atom is 0.268 e. The molecule has 0 bridgehead atoms. The summed E-state index contributed by atoms with van der Waals surface area (Å²) in [6, 6.07) is 11.3. The number of anilines is 1. The molecular formula is C24H21FN4O5S2. The van der Waals surface area contributed by atoms with Crippen LogP contribution in [-0.2, 0) is 27.7 Å². The number of halogens is 1. The molecule has 186 valence electrons. The molecule has 0 atom stereocenters. The number of nitrogens with one attached hydrogen (secondary N) is 1. The van der Waals surface area contributed by atoms with Crippen molar-refractivity contribution in [2.45, 2.75) is 17.4 Å². The number of allylic oxidation sites excluding steroid dienone is 1. The van der Waals surface area contributed by atoms with Gasteiger partial charge in [-0.3, -0.25) is 10.1 Å². The molecule has 1 N–H and O–H groups in total. The largest absolute Gasteiger partial charge is 0.493 e. The van der Waals surface area contributed by atoms with Gasteiger partial charge in [0.2, 0.25) is 19.3 Å². The van der Waals surface area contributed by atoms with Crippen LogP contribution in [0.15, 0.2) is 59.0 Å². The fourth-order valence-corrected chi connectivity index (χ4v) is 4.55. The Morgan fingerprint density at radius 1 is 1.28 bits per heavy atom. The molecule has 36 heavy (non-hydrogen) atoms. The second-order valence-electron chi connectivity index (χ2n) is 7.35. The molecule has 0 aliphatic rings. The van der Waals surface area contributed by atoms with Crippen LogP contribution >= 0.6 is 11.3 Å². The Labute approximate surface area is 211 Å². The molecular weight excluding hydrogens is 507 g/mol. The van der Waals surface area contributed by atoms with Crippen LogP contribution in [0.2, 0.25) is 0 Å². The van der Waals surface area contributed by atoms with Gasteiger partial charge in [0.15, 0.2) is 11.5 Å². The maximum atomic E-state index is 14.0.